The third-order valence-electron chi connectivity index (χ3n) is 3.42. The predicted octanol–water partition coefficient (Wildman–Crippen LogP) is 5.07. The van der Waals surface area contributed by atoms with Gasteiger partial charge in [-0.15, -0.1) is 0 Å². The van der Waals surface area contributed by atoms with Gasteiger partial charge < -0.3 is 4.42 Å². The molecule has 0 fully saturated rings. The molecule has 0 saturated heterocycles. The van der Waals surface area contributed by atoms with E-state index >= 15 is 0 Å². The van der Waals surface area contributed by atoms with Gasteiger partial charge in [0.1, 0.15) is 5.52 Å². The van der Waals surface area contributed by atoms with Crippen LogP contribution in [0.4, 0.5) is 8.78 Å². The molecule has 0 aliphatic carbocycles. The number of aromatic nitrogens is 1. The summed E-state index contributed by atoms with van der Waals surface area (Å²) in [5, 5.41) is 0. The van der Waals surface area contributed by atoms with Gasteiger partial charge in [0, 0.05) is 5.56 Å². The van der Waals surface area contributed by atoms with Crippen molar-refractivity contribution in [1.29, 1.82) is 0 Å². The maximum Gasteiger partial charge on any atom is 0.227 e. The zero-order valence-electron chi connectivity index (χ0n) is 12.1. The highest BCUT2D eigenvalue weighted by Gasteiger charge is 2.16. The first kappa shape index (κ1) is 13.7. The number of rotatable bonds is 1. The summed E-state index contributed by atoms with van der Waals surface area (Å²) in [6, 6.07) is 9.41. The first-order chi connectivity index (χ1) is 9.84. The number of benzene rings is 2. The van der Waals surface area contributed by atoms with Crippen LogP contribution in [0.15, 0.2) is 40.8 Å². The molecular weight excluding hydrogens is 272 g/mol. The van der Waals surface area contributed by atoms with Crippen molar-refractivity contribution in [3.8, 4) is 11.5 Å². The molecule has 0 amide bonds. The maximum atomic E-state index is 13.3. The summed E-state index contributed by atoms with van der Waals surface area (Å²) in [6.45, 7) is 6.35. The van der Waals surface area contributed by atoms with E-state index in [1.54, 1.807) is 0 Å². The molecule has 2 nitrogen and oxygen atoms in total. The van der Waals surface area contributed by atoms with E-state index in [1.165, 1.54) is 6.07 Å². The highest BCUT2D eigenvalue weighted by molar-refractivity contribution is 5.77. The molecule has 0 aliphatic rings. The van der Waals surface area contributed by atoms with Gasteiger partial charge >= 0.3 is 0 Å². The van der Waals surface area contributed by atoms with Crippen molar-refractivity contribution in [2.75, 3.05) is 0 Å². The average Bonchev–Trinajstić information content (AvgIpc) is 2.83. The topological polar surface area (TPSA) is 26.0 Å². The molecule has 3 rings (SSSR count). The standard InChI is InChI=1S/C17H15F2NO/c1-17(2,3)11-5-7-15-14(9-11)20-16(21-15)10-4-6-12(18)13(19)8-10/h4-9H,1-3H3. The highest BCUT2D eigenvalue weighted by atomic mass is 19.2. The highest BCUT2D eigenvalue weighted by Crippen LogP contribution is 2.29. The number of nitrogens with zero attached hydrogens (tertiary/aromatic N) is 1. The Balaban J connectivity index is 2.10. The number of oxazole rings is 1. The van der Waals surface area contributed by atoms with E-state index in [-0.39, 0.29) is 11.3 Å². The van der Waals surface area contributed by atoms with Gasteiger partial charge in [0.15, 0.2) is 17.2 Å². The Bertz CT molecular complexity index is 815. The Morgan fingerprint density at radius 3 is 2.38 bits per heavy atom. The molecule has 108 valence electrons. The fourth-order valence-corrected chi connectivity index (χ4v) is 2.15. The zero-order chi connectivity index (χ0) is 15.2. The number of halogens is 2. The van der Waals surface area contributed by atoms with Gasteiger partial charge in [-0.05, 0) is 41.3 Å². The Morgan fingerprint density at radius 1 is 0.952 bits per heavy atom. The first-order valence-corrected chi connectivity index (χ1v) is 6.71. The molecule has 0 saturated carbocycles. The third-order valence-corrected chi connectivity index (χ3v) is 3.42. The predicted molar refractivity (Wildman–Crippen MR) is 78.1 cm³/mol. The van der Waals surface area contributed by atoms with E-state index in [0.29, 0.717) is 16.7 Å². The maximum absolute atomic E-state index is 13.3. The minimum absolute atomic E-state index is 0.00921. The minimum Gasteiger partial charge on any atom is -0.436 e. The molecule has 0 aliphatic heterocycles. The largest absolute Gasteiger partial charge is 0.436 e. The van der Waals surface area contributed by atoms with Gasteiger partial charge in [0.05, 0.1) is 0 Å². The van der Waals surface area contributed by atoms with Crippen molar-refractivity contribution in [2.24, 2.45) is 0 Å². The Hall–Kier alpha value is -2.23. The van der Waals surface area contributed by atoms with E-state index < -0.39 is 11.6 Å². The van der Waals surface area contributed by atoms with Crippen LogP contribution < -0.4 is 0 Å². The second-order valence-electron chi connectivity index (χ2n) is 6.08. The summed E-state index contributed by atoms with van der Waals surface area (Å²) < 4.78 is 31.9. The lowest BCUT2D eigenvalue weighted by Gasteiger charge is -2.18. The normalized spacial score (nSPS) is 12.0. The quantitative estimate of drug-likeness (QED) is 0.624. The van der Waals surface area contributed by atoms with Crippen LogP contribution in [0, 0.1) is 11.6 Å². The van der Waals surface area contributed by atoms with Crippen LogP contribution in [-0.2, 0) is 5.41 Å². The van der Waals surface area contributed by atoms with E-state index in [0.717, 1.165) is 17.7 Å². The second kappa shape index (κ2) is 4.65. The van der Waals surface area contributed by atoms with Crippen LogP contribution in [0.3, 0.4) is 0 Å². The smallest absolute Gasteiger partial charge is 0.227 e. The van der Waals surface area contributed by atoms with E-state index in [4.69, 9.17) is 4.42 Å². The lowest BCUT2D eigenvalue weighted by molar-refractivity contribution is 0.508. The fourth-order valence-electron chi connectivity index (χ4n) is 2.15. The molecule has 0 spiro atoms. The average molecular weight is 287 g/mol. The van der Waals surface area contributed by atoms with Crippen molar-refractivity contribution in [1.82, 2.24) is 4.98 Å². The van der Waals surface area contributed by atoms with Crippen LogP contribution in [0.2, 0.25) is 0 Å². The van der Waals surface area contributed by atoms with Crippen molar-refractivity contribution >= 4 is 11.1 Å². The van der Waals surface area contributed by atoms with Gasteiger partial charge in [0.25, 0.3) is 0 Å². The lowest BCUT2D eigenvalue weighted by atomic mass is 9.87. The molecule has 21 heavy (non-hydrogen) atoms. The van der Waals surface area contributed by atoms with Crippen molar-refractivity contribution < 1.29 is 13.2 Å². The van der Waals surface area contributed by atoms with Gasteiger partial charge in [0.2, 0.25) is 5.89 Å². The molecule has 0 atom stereocenters. The Labute approximate surface area is 121 Å². The molecule has 0 bridgehead atoms. The Kier molecular flexibility index (Phi) is 3.04. The molecule has 0 radical (unpaired) electrons. The van der Waals surface area contributed by atoms with Crippen LogP contribution in [0.1, 0.15) is 26.3 Å². The van der Waals surface area contributed by atoms with Crippen LogP contribution >= 0.6 is 0 Å². The van der Waals surface area contributed by atoms with Crippen LogP contribution in [0.25, 0.3) is 22.6 Å². The van der Waals surface area contributed by atoms with Crippen molar-refractivity contribution in [3.05, 3.63) is 53.6 Å². The summed E-state index contributed by atoms with van der Waals surface area (Å²) in [7, 11) is 0. The molecule has 0 N–H and O–H groups in total. The molecule has 2 aromatic carbocycles. The van der Waals surface area contributed by atoms with Gasteiger partial charge in [-0.1, -0.05) is 26.8 Å². The Morgan fingerprint density at radius 2 is 1.71 bits per heavy atom. The van der Waals surface area contributed by atoms with Crippen LogP contribution in [0.5, 0.6) is 0 Å². The van der Waals surface area contributed by atoms with Gasteiger partial charge in [-0.2, -0.15) is 0 Å². The second-order valence-corrected chi connectivity index (χ2v) is 6.08. The summed E-state index contributed by atoms with van der Waals surface area (Å²) in [5.74, 6) is -1.51. The SMILES string of the molecule is CC(C)(C)c1ccc2oc(-c3ccc(F)c(F)c3)nc2c1. The zero-order valence-corrected chi connectivity index (χ0v) is 12.1. The van der Waals surface area contributed by atoms with Crippen molar-refractivity contribution in [2.45, 2.75) is 26.2 Å². The molecule has 1 aromatic heterocycles. The number of fused-ring (bicyclic) bond motifs is 1. The third kappa shape index (κ3) is 2.53. The van der Waals surface area contributed by atoms with Gasteiger partial charge in [-0.3, -0.25) is 0 Å². The number of hydrogen-bond donors (Lipinski definition) is 0. The van der Waals surface area contributed by atoms with Crippen LogP contribution in [-0.4, -0.2) is 4.98 Å². The molecule has 3 aromatic rings. The summed E-state index contributed by atoms with van der Waals surface area (Å²) in [6.07, 6.45) is 0. The first-order valence-electron chi connectivity index (χ1n) is 6.71. The minimum atomic E-state index is -0.912. The summed E-state index contributed by atoms with van der Waals surface area (Å²) in [4.78, 5) is 4.37. The van der Waals surface area contributed by atoms with E-state index in [2.05, 4.69) is 25.8 Å². The lowest BCUT2D eigenvalue weighted by Crippen LogP contribution is -2.10. The molecule has 4 heteroatoms. The fraction of sp³-hybridized carbons (Fsp3) is 0.235. The number of hydrogen-bond acceptors (Lipinski definition) is 2. The summed E-state index contributed by atoms with van der Waals surface area (Å²) in [5.41, 5.74) is 2.90. The van der Waals surface area contributed by atoms with E-state index in [9.17, 15) is 8.78 Å². The molecule has 0 unspecified atom stereocenters. The monoisotopic (exact) mass is 287 g/mol. The summed E-state index contributed by atoms with van der Waals surface area (Å²) >= 11 is 0. The van der Waals surface area contributed by atoms with E-state index in [1.807, 2.05) is 18.2 Å². The molecular formula is C17H15F2NO. The van der Waals surface area contributed by atoms with Gasteiger partial charge in [-0.25, -0.2) is 13.8 Å². The molecule has 1 heterocycles. The van der Waals surface area contributed by atoms with Crippen molar-refractivity contribution in [3.63, 3.8) is 0 Å².